The molecule has 0 atom stereocenters. The Morgan fingerprint density at radius 2 is 1.75 bits per heavy atom. The van der Waals surface area contributed by atoms with Crippen molar-refractivity contribution in [1.29, 1.82) is 0 Å². The molecule has 20 heavy (non-hydrogen) atoms. The molecule has 0 aliphatic heterocycles. The van der Waals surface area contributed by atoms with Crippen molar-refractivity contribution in [3.8, 4) is 0 Å². The van der Waals surface area contributed by atoms with E-state index >= 15 is 0 Å². The highest BCUT2D eigenvalue weighted by Crippen LogP contribution is 2.22. The Hall–Kier alpha value is -1.36. The predicted octanol–water partition coefficient (Wildman–Crippen LogP) is 2.30. The number of anilines is 2. The van der Waals surface area contributed by atoms with Crippen molar-refractivity contribution in [3.63, 3.8) is 0 Å². The summed E-state index contributed by atoms with van der Waals surface area (Å²) >= 11 is 0. The molecule has 0 amide bonds. The molecule has 0 spiro atoms. The first-order valence-electron chi connectivity index (χ1n) is 7.40. The zero-order valence-electron chi connectivity index (χ0n) is 13.8. The van der Waals surface area contributed by atoms with Crippen LogP contribution in [0.2, 0.25) is 0 Å². The second-order valence-corrected chi connectivity index (χ2v) is 5.57. The van der Waals surface area contributed by atoms with Crippen molar-refractivity contribution in [2.24, 2.45) is 0 Å². The molecule has 1 heterocycles. The maximum atomic E-state index is 4.60. The third kappa shape index (κ3) is 4.96. The minimum absolute atomic E-state index is 0.823. The van der Waals surface area contributed by atoms with Crippen LogP contribution in [-0.4, -0.2) is 55.6 Å². The van der Waals surface area contributed by atoms with Crippen molar-refractivity contribution < 1.29 is 0 Å². The van der Waals surface area contributed by atoms with E-state index in [-0.39, 0.29) is 0 Å². The van der Waals surface area contributed by atoms with E-state index in [0.717, 1.165) is 55.5 Å². The fourth-order valence-corrected chi connectivity index (χ4v) is 2.13. The van der Waals surface area contributed by atoms with E-state index < -0.39 is 0 Å². The summed E-state index contributed by atoms with van der Waals surface area (Å²) in [6.07, 6.45) is 2.22. The van der Waals surface area contributed by atoms with Crippen molar-refractivity contribution in [3.05, 3.63) is 11.4 Å². The quantitative estimate of drug-likeness (QED) is 0.791. The first kappa shape index (κ1) is 16.7. The van der Waals surface area contributed by atoms with Crippen LogP contribution in [0.25, 0.3) is 0 Å². The van der Waals surface area contributed by atoms with Crippen LogP contribution < -0.4 is 10.2 Å². The van der Waals surface area contributed by atoms with Gasteiger partial charge in [-0.3, -0.25) is 0 Å². The van der Waals surface area contributed by atoms with Crippen molar-refractivity contribution in [2.45, 2.75) is 33.6 Å². The summed E-state index contributed by atoms with van der Waals surface area (Å²) < 4.78 is 0. The van der Waals surface area contributed by atoms with Crippen LogP contribution in [0.5, 0.6) is 0 Å². The van der Waals surface area contributed by atoms with E-state index in [2.05, 4.69) is 60.1 Å². The third-order valence-electron chi connectivity index (χ3n) is 3.23. The van der Waals surface area contributed by atoms with E-state index in [1.54, 1.807) is 0 Å². The summed E-state index contributed by atoms with van der Waals surface area (Å²) in [5.41, 5.74) is 1.14. The van der Waals surface area contributed by atoms with Crippen molar-refractivity contribution in [2.75, 3.05) is 51.0 Å². The van der Waals surface area contributed by atoms with Crippen molar-refractivity contribution >= 4 is 11.6 Å². The molecule has 0 aromatic carbocycles. The summed E-state index contributed by atoms with van der Waals surface area (Å²) in [5, 5.41) is 3.39. The minimum Gasteiger partial charge on any atom is -0.370 e. The molecule has 0 saturated carbocycles. The van der Waals surface area contributed by atoms with E-state index in [4.69, 9.17) is 0 Å². The van der Waals surface area contributed by atoms with E-state index in [9.17, 15) is 0 Å². The van der Waals surface area contributed by atoms with Crippen LogP contribution in [0.15, 0.2) is 0 Å². The molecule has 0 bridgehead atoms. The summed E-state index contributed by atoms with van der Waals surface area (Å²) in [6, 6.07) is 0. The maximum absolute atomic E-state index is 4.60. The highest BCUT2D eigenvalue weighted by molar-refractivity contribution is 5.58. The molecule has 1 aromatic heterocycles. The number of hydrogen-bond donors (Lipinski definition) is 1. The molecule has 0 fully saturated rings. The lowest BCUT2D eigenvalue weighted by molar-refractivity contribution is 0.401. The Kier molecular flexibility index (Phi) is 6.71. The van der Waals surface area contributed by atoms with Crippen LogP contribution >= 0.6 is 0 Å². The number of nitrogens with zero attached hydrogens (tertiary/aromatic N) is 4. The Balaban J connectivity index is 2.79. The van der Waals surface area contributed by atoms with E-state index in [1.165, 1.54) is 0 Å². The van der Waals surface area contributed by atoms with Gasteiger partial charge in [-0.15, -0.1) is 0 Å². The molecular formula is C15H29N5. The standard InChI is InChI=1S/C15H29N5/c1-7-9-16-14-12(2)15(18-13(3)17-14)20(6)11-8-10-19(4)5/h7-11H2,1-6H3,(H,16,17,18). The van der Waals surface area contributed by atoms with Gasteiger partial charge in [0.15, 0.2) is 0 Å². The minimum atomic E-state index is 0.823. The monoisotopic (exact) mass is 279 g/mol. The van der Waals surface area contributed by atoms with Crippen LogP contribution in [0.3, 0.4) is 0 Å². The number of nitrogens with one attached hydrogen (secondary N) is 1. The summed E-state index contributed by atoms with van der Waals surface area (Å²) in [4.78, 5) is 13.5. The molecule has 0 radical (unpaired) electrons. The zero-order chi connectivity index (χ0) is 15.1. The average molecular weight is 279 g/mol. The molecular weight excluding hydrogens is 250 g/mol. The second-order valence-electron chi connectivity index (χ2n) is 5.57. The highest BCUT2D eigenvalue weighted by atomic mass is 15.2. The molecule has 1 aromatic rings. The predicted molar refractivity (Wildman–Crippen MR) is 86.7 cm³/mol. The lowest BCUT2D eigenvalue weighted by Crippen LogP contribution is -2.25. The smallest absolute Gasteiger partial charge is 0.137 e. The Bertz CT molecular complexity index is 417. The van der Waals surface area contributed by atoms with E-state index in [0.29, 0.717) is 0 Å². The van der Waals surface area contributed by atoms with Crippen LogP contribution in [0, 0.1) is 13.8 Å². The van der Waals surface area contributed by atoms with Crippen LogP contribution in [0.1, 0.15) is 31.2 Å². The van der Waals surface area contributed by atoms with Gasteiger partial charge in [-0.05, 0) is 47.3 Å². The van der Waals surface area contributed by atoms with E-state index in [1.807, 2.05) is 6.92 Å². The van der Waals surface area contributed by atoms with Gasteiger partial charge in [0.05, 0.1) is 0 Å². The fourth-order valence-electron chi connectivity index (χ4n) is 2.13. The summed E-state index contributed by atoms with van der Waals surface area (Å²) in [6.45, 7) is 9.24. The third-order valence-corrected chi connectivity index (χ3v) is 3.23. The first-order chi connectivity index (χ1) is 9.45. The lowest BCUT2D eigenvalue weighted by Gasteiger charge is -2.23. The summed E-state index contributed by atoms with van der Waals surface area (Å²) in [5.74, 6) is 2.83. The van der Waals surface area contributed by atoms with Gasteiger partial charge < -0.3 is 15.1 Å². The Morgan fingerprint density at radius 3 is 2.35 bits per heavy atom. The number of hydrogen-bond acceptors (Lipinski definition) is 5. The van der Waals surface area contributed by atoms with Gasteiger partial charge in [0, 0.05) is 25.7 Å². The topological polar surface area (TPSA) is 44.3 Å². The molecule has 0 saturated heterocycles. The zero-order valence-corrected chi connectivity index (χ0v) is 13.8. The number of aromatic nitrogens is 2. The van der Waals surface area contributed by atoms with Gasteiger partial charge in [-0.2, -0.15) is 0 Å². The SMILES string of the molecule is CCCNc1nc(C)nc(N(C)CCCN(C)C)c1C. The second kappa shape index (κ2) is 8.04. The molecule has 5 nitrogen and oxygen atoms in total. The normalized spacial score (nSPS) is 10.9. The first-order valence-corrected chi connectivity index (χ1v) is 7.40. The van der Waals surface area contributed by atoms with Gasteiger partial charge in [0.2, 0.25) is 0 Å². The van der Waals surface area contributed by atoms with Crippen LogP contribution in [-0.2, 0) is 0 Å². The molecule has 0 unspecified atom stereocenters. The maximum Gasteiger partial charge on any atom is 0.137 e. The van der Waals surface area contributed by atoms with Gasteiger partial charge in [0.1, 0.15) is 17.5 Å². The summed E-state index contributed by atoms with van der Waals surface area (Å²) in [7, 11) is 6.31. The molecule has 1 N–H and O–H groups in total. The lowest BCUT2D eigenvalue weighted by atomic mass is 10.2. The van der Waals surface area contributed by atoms with Gasteiger partial charge in [0.25, 0.3) is 0 Å². The molecule has 0 aliphatic carbocycles. The average Bonchev–Trinajstić information content (AvgIpc) is 2.38. The van der Waals surface area contributed by atoms with Gasteiger partial charge in [-0.1, -0.05) is 6.92 Å². The highest BCUT2D eigenvalue weighted by Gasteiger charge is 2.12. The largest absolute Gasteiger partial charge is 0.370 e. The Morgan fingerprint density at radius 1 is 1.05 bits per heavy atom. The fraction of sp³-hybridized carbons (Fsp3) is 0.733. The van der Waals surface area contributed by atoms with Gasteiger partial charge >= 0.3 is 0 Å². The number of aryl methyl sites for hydroxylation is 1. The molecule has 5 heteroatoms. The Labute approximate surface area is 123 Å². The van der Waals surface area contributed by atoms with Crippen LogP contribution in [0.4, 0.5) is 11.6 Å². The number of rotatable bonds is 8. The van der Waals surface area contributed by atoms with Crippen molar-refractivity contribution in [1.82, 2.24) is 14.9 Å². The molecule has 114 valence electrons. The van der Waals surface area contributed by atoms with Gasteiger partial charge in [-0.25, -0.2) is 9.97 Å². The molecule has 0 aliphatic rings. The molecule has 1 rings (SSSR count).